The second-order valence-electron chi connectivity index (χ2n) is 3.71. The van der Waals surface area contributed by atoms with Crippen molar-refractivity contribution in [3.05, 3.63) is 0 Å². The number of amides is 1. The van der Waals surface area contributed by atoms with Crippen molar-refractivity contribution in [2.45, 2.75) is 65.3 Å². The van der Waals surface area contributed by atoms with Crippen molar-refractivity contribution in [2.24, 2.45) is 0 Å². The van der Waals surface area contributed by atoms with Gasteiger partial charge in [-0.1, -0.05) is 33.1 Å². The van der Waals surface area contributed by atoms with Crippen molar-refractivity contribution in [1.82, 2.24) is 5.32 Å². The summed E-state index contributed by atoms with van der Waals surface area (Å²) < 4.78 is 0. The first-order valence-electron chi connectivity index (χ1n) is 5.50. The molecule has 0 bridgehead atoms. The summed E-state index contributed by atoms with van der Waals surface area (Å²) in [6, 6.07) is 0.351. The molecule has 1 amide bonds. The number of hydrogen-bond donors (Lipinski definition) is 1. The molecular weight excluding hydrogens is 162 g/mol. The highest BCUT2D eigenvalue weighted by atomic mass is 16.1. The Hall–Kier alpha value is -0.530. The molecule has 0 aromatic heterocycles. The Morgan fingerprint density at radius 3 is 2.38 bits per heavy atom. The van der Waals surface area contributed by atoms with Gasteiger partial charge in [0.15, 0.2) is 0 Å². The maximum atomic E-state index is 11.3. The topological polar surface area (TPSA) is 29.1 Å². The molecule has 0 aliphatic heterocycles. The van der Waals surface area contributed by atoms with Crippen LogP contribution in [0.25, 0.3) is 0 Å². The molecule has 2 nitrogen and oxygen atoms in total. The minimum absolute atomic E-state index is 0.213. The van der Waals surface area contributed by atoms with Gasteiger partial charge in [-0.25, -0.2) is 0 Å². The molecule has 1 N–H and O–H groups in total. The van der Waals surface area contributed by atoms with Crippen LogP contribution in [0.2, 0.25) is 0 Å². The zero-order chi connectivity index (χ0) is 10.1. The Kier molecular flexibility index (Phi) is 7.76. The molecule has 0 aromatic carbocycles. The summed E-state index contributed by atoms with van der Waals surface area (Å²) in [6.07, 6.45) is 6.30. The van der Waals surface area contributed by atoms with Crippen LogP contribution in [-0.4, -0.2) is 11.9 Å². The van der Waals surface area contributed by atoms with E-state index in [4.69, 9.17) is 0 Å². The number of nitrogens with one attached hydrogen (secondary N) is 1. The van der Waals surface area contributed by atoms with Crippen molar-refractivity contribution in [3.63, 3.8) is 0 Å². The molecule has 0 saturated heterocycles. The summed E-state index contributed by atoms with van der Waals surface area (Å²) in [5.41, 5.74) is 0. The van der Waals surface area contributed by atoms with Gasteiger partial charge >= 0.3 is 0 Å². The van der Waals surface area contributed by atoms with E-state index in [9.17, 15) is 4.79 Å². The Balaban J connectivity index is 3.41. The second-order valence-corrected chi connectivity index (χ2v) is 3.71. The lowest BCUT2D eigenvalue weighted by Gasteiger charge is -2.12. The number of carbonyl (C=O) groups excluding carboxylic acids is 1. The van der Waals surface area contributed by atoms with Gasteiger partial charge in [0.2, 0.25) is 5.91 Å². The van der Waals surface area contributed by atoms with Crippen LogP contribution in [0.15, 0.2) is 0 Å². The molecule has 0 spiro atoms. The van der Waals surface area contributed by atoms with Crippen molar-refractivity contribution in [3.8, 4) is 0 Å². The van der Waals surface area contributed by atoms with E-state index >= 15 is 0 Å². The van der Waals surface area contributed by atoms with Gasteiger partial charge in [0.05, 0.1) is 0 Å². The Labute approximate surface area is 82.1 Å². The third kappa shape index (κ3) is 7.82. The van der Waals surface area contributed by atoms with Crippen LogP contribution < -0.4 is 5.32 Å². The Morgan fingerprint density at radius 1 is 1.23 bits per heavy atom. The van der Waals surface area contributed by atoms with Gasteiger partial charge in [0.1, 0.15) is 0 Å². The van der Waals surface area contributed by atoms with Crippen LogP contribution in [0, 0.1) is 0 Å². The van der Waals surface area contributed by atoms with Crippen molar-refractivity contribution in [1.29, 1.82) is 0 Å². The molecule has 0 aromatic rings. The summed E-state index contributed by atoms with van der Waals surface area (Å²) >= 11 is 0. The van der Waals surface area contributed by atoms with Gasteiger partial charge in [-0.2, -0.15) is 0 Å². The predicted molar refractivity (Wildman–Crippen MR) is 56.7 cm³/mol. The van der Waals surface area contributed by atoms with E-state index in [1.807, 2.05) is 0 Å². The number of hydrogen-bond acceptors (Lipinski definition) is 1. The summed E-state index contributed by atoms with van der Waals surface area (Å²) in [5, 5.41) is 3.01. The quantitative estimate of drug-likeness (QED) is 0.649. The van der Waals surface area contributed by atoms with Crippen molar-refractivity contribution in [2.75, 3.05) is 0 Å². The van der Waals surface area contributed by atoms with Gasteiger partial charge in [0.25, 0.3) is 0 Å². The van der Waals surface area contributed by atoms with Crippen LogP contribution >= 0.6 is 0 Å². The summed E-state index contributed by atoms with van der Waals surface area (Å²) in [4.78, 5) is 11.3. The first-order chi connectivity index (χ1) is 6.20. The predicted octanol–water partition coefficient (Wildman–Crippen LogP) is 2.87. The van der Waals surface area contributed by atoms with E-state index in [1.54, 1.807) is 0 Å². The molecule has 0 saturated carbocycles. The molecule has 1 atom stereocenters. The van der Waals surface area contributed by atoms with E-state index in [1.165, 1.54) is 12.8 Å². The van der Waals surface area contributed by atoms with E-state index in [0.717, 1.165) is 19.3 Å². The fraction of sp³-hybridized carbons (Fsp3) is 0.909. The maximum absolute atomic E-state index is 11.3. The van der Waals surface area contributed by atoms with Crippen LogP contribution in [0.1, 0.15) is 59.3 Å². The van der Waals surface area contributed by atoms with Gasteiger partial charge in [-0.3, -0.25) is 4.79 Å². The molecule has 0 fully saturated rings. The molecule has 0 aliphatic carbocycles. The first kappa shape index (κ1) is 12.5. The molecular formula is C11H23NO. The average molecular weight is 185 g/mol. The molecule has 13 heavy (non-hydrogen) atoms. The SMILES string of the molecule is CCCCC(=O)NC(C)CCCC. The maximum Gasteiger partial charge on any atom is 0.220 e. The molecule has 0 aliphatic rings. The van der Waals surface area contributed by atoms with Crippen molar-refractivity contribution >= 4 is 5.91 Å². The van der Waals surface area contributed by atoms with E-state index in [2.05, 4.69) is 26.1 Å². The summed E-state index contributed by atoms with van der Waals surface area (Å²) in [7, 11) is 0. The minimum Gasteiger partial charge on any atom is -0.354 e. The highest BCUT2D eigenvalue weighted by molar-refractivity contribution is 5.76. The van der Waals surface area contributed by atoms with Gasteiger partial charge in [0, 0.05) is 12.5 Å². The smallest absolute Gasteiger partial charge is 0.220 e. The molecule has 78 valence electrons. The Morgan fingerprint density at radius 2 is 1.85 bits per heavy atom. The number of carbonyl (C=O) groups is 1. The highest BCUT2D eigenvalue weighted by Gasteiger charge is 2.05. The molecule has 0 radical (unpaired) electrons. The van der Waals surface area contributed by atoms with Crippen molar-refractivity contribution < 1.29 is 4.79 Å². The lowest BCUT2D eigenvalue weighted by molar-refractivity contribution is -0.121. The standard InChI is InChI=1S/C11H23NO/c1-4-6-8-10(3)12-11(13)9-7-5-2/h10H,4-9H2,1-3H3,(H,12,13). The van der Waals surface area contributed by atoms with E-state index in [0.29, 0.717) is 12.5 Å². The lowest BCUT2D eigenvalue weighted by atomic mass is 10.1. The normalized spacial score (nSPS) is 12.5. The Bertz CT molecular complexity index is 134. The minimum atomic E-state index is 0.213. The first-order valence-corrected chi connectivity index (χ1v) is 5.50. The zero-order valence-corrected chi connectivity index (χ0v) is 9.23. The third-order valence-electron chi connectivity index (χ3n) is 2.16. The second kappa shape index (κ2) is 8.09. The van der Waals surface area contributed by atoms with Crippen LogP contribution in [0.4, 0.5) is 0 Å². The molecule has 1 unspecified atom stereocenters. The fourth-order valence-corrected chi connectivity index (χ4v) is 1.27. The molecule has 0 heterocycles. The fourth-order valence-electron chi connectivity index (χ4n) is 1.27. The van der Waals surface area contributed by atoms with Crippen LogP contribution in [-0.2, 0) is 4.79 Å². The highest BCUT2D eigenvalue weighted by Crippen LogP contribution is 2.01. The summed E-state index contributed by atoms with van der Waals surface area (Å²) in [6.45, 7) is 6.36. The van der Waals surface area contributed by atoms with Gasteiger partial charge < -0.3 is 5.32 Å². The molecule has 2 heteroatoms. The lowest BCUT2D eigenvalue weighted by Crippen LogP contribution is -2.32. The average Bonchev–Trinajstić information content (AvgIpc) is 2.11. The largest absolute Gasteiger partial charge is 0.354 e. The third-order valence-corrected chi connectivity index (χ3v) is 2.16. The van der Waals surface area contributed by atoms with E-state index in [-0.39, 0.29) is 5.91 Å². The van der Waals surface area contributed by atoms with Crippen LogP contribution in [0.3, 0.4) is 0 Å². The monoisotopic (exact) mass is 185 g/mol. The van der Waals surface area contributed by atoms with Gasteiger partial charge in [-0.05, 0) is 19.8 Å². The number of unbranched alkanes of at least 4 members (excludes halogenated alkanes) is 2. The summed E-state index contributed by atoms with van der Waals surface area (Å²) in [5.74, 6) is 0.213. The van der Waals surface area contributed by atoms with Gasteiger partial charge in [-0.15, -0.1) is 0 Å². The molecule has 0 rings (SSSR count). The van der Waals surface area contributed by atoms with E-state index < -0.39 is 0 Å². The zero-order valence-electron chi connectivity index (χ0n) is 9.23. The number of rotatable bonds is 7. The van der Waals surface area contributed by atoms with Crippen LogP contribution in [0.5, 0.6) is 0 Å².